The Morgan fingerprint density at radius 2 is 1.35 bits per heavy atom. The monoisotopic (exact) mass is 455 g/mol. The van der Waals surface area contributed by atoms with Gasteiger partial charge in [0.25, 0.3) is 0 Å². The van der Waals surface area contributed by atoms with E-state index in [0.29, 0.717) is 0 Å². The first-order chi connectivity index (χ1) is 16.7. The molecule has 3 heteroatoms. The number of fused-ring (bicyclic) bond motifs is 6. The minimum Gasteiger partial charge on any atom is -0.309 e. The molecule has 0 aliphatic rings. The molecule has 0 saturated carbocycles. The average molecular weight is 456 g/mol. The summed E-state index contributed by atoms with van der Waals surface area (Å²) in [5.74, 6) is 0. The Morgan fingerprint density at radius 3 is 2.09 bits per heavy atom. The Kier molecular flexibility index (Phi) is 4.18. The van der Waals surface area contributed by atoms with Gasteiger partial charge in [-0.1, -0.05) is 60.7 Å². The molecule has 7 rings (SSSR count). The Labute approximate surface area is 201 Å². The van der Waals surface area contributed by atoms with Gasteiger partial charge >= 0.3 is 0 Å². The van der Waals surface area contributed by atoms with Crippen molar-refractivity contribution in [2.75, 3.05) is 0 Å². The van der Waals surface area contributed by atoms with Crippen molar-refractivity contribution in [2.24, 2.45) is 7.05 Å². The Morgan fingerprint density at radius 1 is 0.676 bits per heavy atom. The van der Waals surface area contributed by atoms with Crippen LogP contribution in [0, 0.1) is 6.92 Å². The lowest BCUT2D eigenvalue weighted by Crippen LogP contribution is -2.30. The molecule has 34 heavy (non-hydrogen) atoms. The molecule has 0 spiro atoms. The molecule has 0 unspecified atom stereocenters. The van der Waals surface area contributed by atoms with Gasteiger partial charge in [0.05, 0.1) is 22.3 Å². The average Bonchev–Trinajstić information content (AvgIpc) is 3.41. The molecule has 0 N–H and O–H groups in total. The van der Waals surface area contributed by atoms with Gasteiger partial charge in [0.15, 0.2) is 6.20 Å². The summed E-state index contributed by atoms with van der Waals surface area (Å²) < 4.78 is 7.36. The van der Waals surface area contributed by atoms with E-state index in [4.69, 9.17) is 0 Å². The minimum atomic E-state index is 1.24. The van der Waals surface area contributed by atoms with Crippen LogP contribution in [0.2, 0.25) is 0 Å². The van der Waals surface area contributed by atoms with E-state index in [1.165, 1.54) is 64.5 Å². The number of nitrogens with zero attached hydrogens (tertiary/aromatic N) is 2. The molecule has 0 radical (unpaired) electrons. The molecule has 3 heterocycles. The fraction of sp³-hybridized carbons (Fsp3) is 0.0645. The van der Waals surface area contributed by atoms with Gasteiger partial charge in [0, 0.05) is 32.3 Å². The van der Waals surface area contributed by atoms with Crippen LogP contribution >= 0.6 is 11.3 Å². The van der Waals surface area contributed by atoms with Gasteiger partial charge in [-0.15, -0.1) is 11.3 Å². The molecular weight excluding hydrogens is 432 g/mol. The normalized spacial score (nSPS) is 11.8. The van der Waals surface area contributed by atoms with E-state index in [-0.39, 0.29) is 0 Å². The minimum absolute atomic E-state index is 1.24. The lowest BCUT2D eigenvalue weighted by molar-refractivity contribution is -0.659. The highest BCUT2D eigenvalue weighted by atomic mass is 32.1. The molecule has 7 aromatic rings. The van der Waals surface area contributed by atoms with Gasteiger partial charge < -0.3 is 4.57 Å². The van der Waals surface area contributed by atoms with Crippen molar-refractivity contribution in [3.8, 4) is 16.9 Å². The van der Waals surface area contributed by atoms with Crippen molar-refractivity contribution < 1.29 is 4.57 Å². The highest BCUT2D eigenvalue weighted by Gasteiger charge is 2.22. The van der Waals surface area contributed by atoms with Crippen LogP contribution in [0.3, 0.4) is 0 Å². The predicted molar refractivity (Wildman–Crippen MR) is 145 cm³/mol. The number of thiophene rings is 1. The molecule has 0 amide bonds. The standard InChI is InChI=1S/C31H23N2S/c1-20-10-3-4-11-21(20)30-31-24(18-19-32(30)2)29-27(16-9-17-28(29)34-31)33-25-14-7-5-12-22(25)23-13-6-8-15-26(23)33/h3-19H,1-2H3/q+1. The van der Waals surface area contributed by atoms with E-state index in [2.05, 4.69) is 126 Å². The number of para-hydroxylation sites is 2. The molecule has 162 valence electrons. The van der Waals surface area contributed by atoms with Crippen LogP contribution in [0.5, 0.6) is 0 Å². The Bertz CT molecular complexity index is 1830. The van der Waals surface area contributed by atoms with Crippen LogP contribution in [-0.4, -0.2) is 4.57 Å². The maximum absolute atomic E-state index is 2.44. The lowest BCUT2D eigenvalue weighted by Gasteiger charge is -2.10. The van der Waals surface area contributed by atoms with Crippen LogP contribution in [0.25, 0.3) is 58.9 Å². The summed E-state index contributed by atoms with van der Waals surface area (Å²) in [5, 5.41) is 5.22. The summed E-state index contributed by atoms with van der Waals surface area (Å²) in [6.45, 7) is 2.20. The van der Waals surface area contributed by atoms with Crippen molar-refractivity contribution in [1.29, 1.82) is 0 Å². The SMILES string of the molecule is Cc1ccccc1-c1c2sc3cccc(-n4c5ccccc5c5ccccc54)c3c2cc[n+]1C. The van der Waals surface area contributed by atoms with Crippen molar-refractivity contribution in [3.63, 3.8) is 0 Å². The van der Waals surface area contributed by atoms with Crippen molar-refractivity contribution in [3.05, 3.63) is 109 Å². The molecule has 0 saturated heterocycles. The number of aryl methyl sites for hydroxylation is 2. The second kappa shape index (κ2) is 7.28. The van der Waals surface area contributed by atoms with Crippen LogP contribution in [-0.2, 0) is 7.05 Å². The van der Waals surface area contributed by atoms with Crippen LogP contribution in [0.1, 0.15) is 5.56 Å². The quantitative estimate of drug-likeness (QED) is 0.234. The third-order valence-electron chi connectivity index (χ3n) is 6.98. The number of rotatable bonds is 2. The van der Waals surface area contributed by atoms with Gasteiger partial charge in [-0.25, -0.2) is 0 Å². The van der Waals surface area contributed by atoms with Gasteiger partial charge in [-0.3, -0.25) is 0 Å². The maximum Gasteiger partial charge on any atom is 0.230 e. The van der Waals surface area contributed by atoms with E-state index in [0.717, 1.165) is 0 Å². The summed E-state index contributed by atoms with van der Waals surface area (Å²) in [6.07, 6.45) is 2.21. The molecule has 0 fully saturated rings. The van der Waals surface area contributed by atoms with E-state index in [9.17, 15) is 0 Å². The van der Waals surface area contributed by atoms with Crippen LogP contribution < -0.4 is 4.57 Å². The second-order valence-electron chi connectivity index (χ2n) is 8.96. The number of pyridine rings is 1. The van der Waals surface area contributed by atoms with E-state index >= 15 is 0 Å². The van der Waals surface area contributed by atoms with E-state index in [1.54, 1.807) is 0 Å². The first kappa shape index (κ1) is 19.5. The smallest absolute Gasteiger partial charge is 0.230 e. The van der Waals surface area contributed by atoms with Crippen molar-refractivity contribution in [1.82, 2.24) is 4.57 Å². The fourth-order valence-electron chi connectivity index (χ4n) is 5.43. The molecule has 3 aromatic heterocycles. The number of benzene rings is 4. The molecule has 0 aliphatic heterocycles. The largest absolute Gasteiger partial charge is 0.309 e. The number of aromatic nitrogens is 2. The zero-order valence-electron chi connectivity index (χ0n) is 19.1. The number of hydrogen-bond acceptors (Lipinski definition) is 1. The molecule has 0 bridgehead atoms. The summed E-state index contributed by atoms with van der Waals surface area (Å²) in [6, 6.07) is 35.2. The van der Waals surface area contributed by atoms with Gasteiger partial charge in [-0.2, -0.15) is 4.57 Å². The fourth-order valence-corrected chi connectivity index (χ4v) is 6.74. The maximum atomic E-state index is 2.44. The van der Waals surface area contributed by atoms with Crippen molar-refractivity contribution >= 4 is 53.3 Å². The molecule has 0 aliphatic carbocycles. The van der Waals surface area contributed by atoms with E-state index < -0.39 is 0 Å². The topological polar surface area (TPSA) is 8.81 Å². The molecule has 2 nitrogen and oxygen atoms in total. The zero-order valence-corrected chi connectivity index (χ0v) is 19.9. The predicted octanol–water partition coefficient (Wildman–Crippen LogP) is 7.95. The van der Waals surface area contributed by atoms with Gasteiger partial charge in [-0.05, 0) is 42.8 Å². The van der Waals surface area contributed by atoms with Crippen LogP contribution in [0.15, 0.2) is 103 Å². The molecule has 4 aromatic carbocycles. The first-order valence-corrected chi connectivity index (χ1v) is 12.4. The highest BCUT2D eigenvalue weighted by Crippen LogP contribution is 2.43. The molecular formula is C31H23N2S+. The Hall–Kier alpha value is -3.95. The molecule has 0 atom stereocenters. The van der Waals surface area contributed by atoms with Gasteiger partial charge in [0.2, 0.25) is 5.69 Å². The third-order valence-corrected chi connectivity index (χ3v) is 8.16. The first-order valence-electron chi connectivity index (χ1n) is 11.6. The highest BCUT2D eigenvalue weighted by molar-refractivity contribution is 7.26. The summed E-state index contributed by atoms with van der Waals surface area (Å²) >= 11 is 1.89. The zero-order chi connectivity index (χ0) is 22.8. The Balaban J connectivity index is 1.64. The van der Waals surface area contributed by atoms with Gasteiger partial charge in [0.1, 0.15) is 11.7 Å². The van der Waals surface area contributed by atoms with Crippen LogP contribution in [0.4, 0.5) is 0 Å². The summed E-state index contributed by atoms with van der Waals surface area (Å²) in [4.78, 5) is 0. The third kappa shape index (κ3) is 2.65. The summed E-state index contributed by atoms with van der Waals surface area (Å²) in [5.41, 5.74) is 7.61. The summed E-state index contributed by atoms with van der Waals surface area (Å²) in [7, 11) is 2.15. The number of hydrogen-bond donors (Lipinski definition) is 0. The second-order valence-corrected chi connectivity index (χ2v) is 10.0. The van der Waals surface area contributed by atoms with E-state index in [1.807, 2.05) is 11.3 Å². The lowest BCUT2D eigenvalue weighted by atomic mass is 10.0. The van der Waals surface area contributed by atoms with Crippen molar-refractivity contribution in [2.45, 2.75) is 6.92 Å².